The molecule has 0 radical (unpaired) electrons. The molecule has 6 nitrogen and oxygen atoms in total. The van der Waals surface area contributed by atoms with E-state index in [2.05, 4.69) is 26.0 Å². The average molecular weight is 481 g/mol. The predicted molar refractivity (Wildman–Crippen MR) is 116 cm³/mol. The van der Waals surface area contributed by atoms with Crippen molar-refractivity contribution >= 4 is 16.4 Å². The third-order valence-corrected chi connectivity index (χ3v) is 4.40. The normalized spacial score (nSPS) is 10.6. The summed E-state index contributed by atoms with van der Waals surface area (Å²) in [6.07, 6.45) is 24.1. The summed E-state index contributed by atoms with van der Waals surface area (Å²) in [4.78, 5) is 11.4. The summed E-state index contributed by atoms with van der Waals surface area (Å²) in [5, 5.41) is 0. The van der Waals surface area contributed by atoms with Gasteiger partial charge in [-0.05, 0) is 38.5 Å². The number of rotatable bonds is 18. The first-order valence-electron chi connectivity index (χ1n) is 11.3. The van der Waals surface area contributed by atoms with E-state index in [0.29, 0.717) is 13.0 Å². The zero-order chi connectivity index (χ0) is 22.2. The molecule has 0 rings (SSSR count). The fourth-order valence-electron chi connectivity index (χ4n) is 2.74. The van der Waals surface area contributed by atoms with Gasteiger partial charge >= 0.3 is 65.1 Å². The maximum absolute atomic E-state index is 11.4. The van der Waals surface area contributed by atoms with E-state index >= 15 is 0 Å². The third-order valence-electron chi connectivity index (χ3n) is 4.40. The fraction of sp³-hybridized carbons (Fsp3) is 0.864. The Morgan fingerprint density at radius 2 is 1.10 bits per heavy atom. The van der Waals surface area contributed by atoms with Crippen molar-refractivity contribution in [3.05, 3.63) is 12.2 Å². The van der Waals surface area contributed by atoms with Crippen LogP contribution in [0.25, 0.3) is 0 Å². The van der Waals surface area contributed by atoms with Crippen LogP contribution in [0.4, 0.5) is 0 Å². The molecule has 0 fully saturated rings. The second kappa shape index (κ2) is 31.1. The minimum Gasteiger partial charge on any atom is -0.759 e. The summed E-state index contributed by atoms with van der Waals surface area (Å²) in [7, 11) is -5.17. The maximum Gasteiger partial charge on any atom is 1.00 e. The van der Waals surface area contributed by atoms with Crippen LogP contribution in [0.3, 0.4) is 0 Å². The predicted octanol–water partition coefficient (Wildman–Crippen LogP) is 0.0372. The van der Waals surface area contributed by atoms with Crippen molar-refractivity contribution < 1.29 is 86.2 Å². The van der Waals surface area contributed by atoms with Crippen LogP contribution in [0.1, 0.15) is 117 Å². The van der Waals surface area contributed by atoms with Gasteiger partial charge in [-0.25, -0.2) is 0 Å². The smallest absolute Gasteiger partial charge is 0.759 e. The van der Waals surface area contributed by atoms with E-state index < -0.39 is 10.4 Å². The first-order valence-corrected chi connectivity index (χ1v) is 12.6. The summed E-state index contributed by atoms with van der Waals surface area (Å²) in [6.45, 7) is 4.98. The molecule has 0 N–H and O–H groups in total. The van der Waals surface area contributed by atoms with Gasteiger partial charge in [-0.1, -0.05) is 83.8 Å². The average Bonchev–Trinajstić information content (AvgIpc) is 2.64. The molecule has 174 valence electrons. The SMILES string of the molecule is CCCCCCCC/C=C\CCCCCCCC(=O)OCCCC.O=S(=O)([O-])[O-].[Na+].[Na+]. The van der Waals surface area contributed by atoms with E-state index in [1.165, 1.54) is 70.6 Å². The summed E-state index contributed by atoms with van der Waals surface area (Å²) < 4.78 is 39.2. The van der Waals surface area contributed by atoms with Crippen LogP contribution >= 0.6 is 0 Å². The summed E-state index contributed by atoms with van der Waals surface area (Å²) in [5.74, 6) is -0.0129. The van der Waals surface area contributed by atoms with Crippen LogP contribution in [0.2, 0.25) is 0 Å². The van der Waals surface area contributed by atoms with Gasteiger partial charge in [-0.2, -0.15) is 0 Å². The Bertz CT molecular complexity index is 476. The zero-order valence-electron chi connectivity index (χ0n) is 20.5. The van der Waals surface area contributed by atoms with Crippen LogP contribution in [0.5, 0.6) is 0 Å². The fourth-order valence-corrected chi connectivity index (χ4v) is 2.74. The minimum absolute atomic E-state index is 0. The number of carbonyl (C=O) groups is 1. The molecule has 0 amide bonds. The Morgan fingerprint density at radius 1 is 0.710 bits per heavy atom. The third kappa shape index (κ3) is 49.3. The van der Waals surface area contributed by atoms with Crippen LogP contribution in [0, 0.1) is 0 Å². The minimum atomic E-state index is -5.17. The van der Waals surface area contributed by atoms with Gasteiger partial charge in [0, 0.05) is 16.8 Å². The van der Waals surface area contributed by atoms with E-state index in [1.807, 2.05) is 0 Å². The Kier molecular flexibility index (Phi) is 39.4. The van der Waals surface area contributed by atoms with Gasteiger partial charge in [0.25, 0.3) is 0 Å². The monoisotopic (exact) mass is 480 g/mol. The molecule has 0 aliphatic rings. The first-order chi connectivity index (χ1) is 13.8. The van der Waals surface area contributed by atoms with Crippen LogP contribution < -0.4 is 59.1 Å². The largest absolute Gasteiger partial charge is 1.00 e. The van der Waals surface area contributed by atoms with Gasteiger partial charge in [0.05, 0.1) is 6.61 Å². The first kappa shape index (κ1) is 39.3. The number of unbranched alkanes of at least 4 members (excludes halogenated alkanes) is 12. The van der Waals surface area contributed by atoms with Crippen molar-refractivity contribution in [2.24, 2.45) is 0 Å². The van der Waals surface area contributed by atoms with Gasteiger partial charge in [0.15, 0.2) is 0 Å². The van der Waals surface area contributed by atoms with Gasteiger partial charge in [0.1, 0.15) is 0 Å². The Morgan fingerprint density at radius 3 is 1.55 bits per heavy atom. The molecule has 0 aromatic rings. The van der Waals surface area contributed by atoms with E-state index in [1.54, 1.807) is 0 Å². The standard InChI is InChI=1S/C22H42O2.2Na.H2O4S/c1-3-5-7-8-9-10-11-12-13-14-15-16-17-18-19-20-22(23)24-21-6-4-2;;;1-5(2,3)4/h12-13H,3-11,14-21H2,1-2H3;;;(H2,1,2,3,4)/q;2*+1;/p-2/b13-12-;;;. The van der Waals surface area contributed by atoms with Crippen LogP contribution in [0.15, 0.2) is 12.2 Å². The van der Waals surface area contributed by atoms with Gasteiger partial charge in [-0.15, -0.1) is 0 Å². The number of esters is 1. The number of ether oxygens (including phenoxy) is 1. The Labute approximate surface area is 235 Å². The molecular weight excluding hydrogens is 438 g/mol. The molecule has 9 heteroatoms. The van der Waals surface area contributed by atoms with Crippen molar-refractivity contribution in [2.45, 2.75) is 117 Å². The van der Waals surface area contributed by atoms with Crippen molar-refractivity contribution in [3.63, 3.8) is 0 Å². The number of carbonyl (C=O) groups excluding carboxylic acids is 1. The van der Waals surface area contributed by atoms with Gasteiger partial charge in [-0.3, -0.25) is 13.2 Å². The molecule has 0 aromatic carbocycles. The molecule has 0 heterocycles. The van der Waals surface area contributed by atoms with Gasteiger partial charge < -0.3 is 13.8 Å². The topological polar surface area (TPSA) is 107 Å². The molecule has 0 aliphatic carbocycles. The second-order valence-electron chi connectivity index (χ2n) is 7.32. The van der Waals surface area contributed by atoms with E-state index in [0.717, 1.165) is 25.7 Å². The van der Waals surface area contributed by atoms with Crippen molar-refractivity contribution in [2.75, 3.05) is 6.61 Å². The Hall–Kier alpha value is 1.08. The molecule has 31 heavy (non-hydrogen) atoms. The molecule has 0 saturated carbocycles. The van der Waals surface area contributed by atoms with E-state index in [-0.39, 0.29) is 65.1 Å². The Balaban J connectivity index is -0.000000464. The quantitative estimate of drug-likeness (QED) is 0.0685. The second-order valence-corrected chi connectivity index (χ2v) is 8.13. The van der Waals surface area contributed by atoms with E-state index in [9.17, 15) is 4.79 Å². The number of allylic oxidation sites excluding steroid dienone is 2. The van der Waals surface area contributed by atoms with Crippen molar-refractivity contribution in [1.82, 2.24) is 0 Å². The van der Waals surface area contributed by atoms with E-state index in [4.69, 9.17) is 22.3 Å². The summed E-state index contributed by atoms with van der Waals surface area (Å²) in [5.41, 5.74) is 0. The molecule has 0 saturated heterocycles. The maximum atomic E-state index is 11.4. The van der Waals surface area contributed by atoms with Crippen LogP contribution in [-0.2, 0) is 19.9 Å². The molecule has 0 unspecified atom stereocenters. The summed E-state index contributed by atoms with van der Waals surface area (Å²) >= 11 is 0. The molecule has 0 aromatic heterocycles. The molecular formula is C22H42Na2O6S. The molecule has 0 bridgehead atoms. The zero-order valence-corrected chi connectivity index (χ0v) is 25.3. The van der Waals surface area contributed by atoms with Crippen molar-refractivity contribution in [1.29, 1.82) is 0 Å². The molecule has 0 spiro atoms. The number of hydrogen-bond acceptors (Lipinski definition) is 6. The van der Waals surface area contributed by atoms with Crippen molar-refractivity contribution in [3.8, 4) is 0 Å². The van der Waals surface area contributed by atoms with Crippen LogP contribution in [-0.4, -0.2) is 30.1 Å². The molecule has 0 atom stereocenters. The van der Waals surface area contributed by atoms with Gasteiger partial charge in [0.2, 0.25) is 0 Å². The number of hydrogen-bond donors (Lipinski definition) is 0. The summed E-state index contributed by atoms with van der Waals surface area (Å²) in [6, 6.07) is 0. The molecule has 0 aliphatic heterocycles.